The molecule has 71 heavy (non-hydrogen) atoms. The molecule has 4 aromatic carbocycles. The molecule has 4 rings (SSSR count). The fourth-order valence-corrected chi connectivity index (χ4v) is 11.4. The van der Waals surface area contributed by atoms with Crippen molar-refractivity contribution in [2.45, 2.75) is 111 Å². The largest absolute Gasteiger partial charge is 0.507 e. The average molecular weight is 1050 g/mol. The number of phenols is 1. The minimum Gasteiger partial charge on any atom is -0.507 e. The van der Waals surface area contributed by atoms with E-state index in [0.717, 1.165) is 12.1 Å². The summed E-state index contributed by atoms with van der Waals surface area (Å²) >= 11 is 0. The van der Waals surface area contributed by atoms with Gasteiger partial charge in [0.25, 0.3) is 0 Å². The summed E-state index contributed by atoms with van der Waals surface area (Å²) < 4.78 is 92.2. The van der Waals surface area contributed by atoms with Gasteiger partial charge in [-0.15, -0.1) is 0 Å². The molecule has 22 nitrogen and oxygen atoms in total. The number of unbranched alkanes of at least 4 members (excludes halogenated alkanes) is 3. The summed E-state index contributed by atoms with van der Waals surface area (Å²) in [6.07, 6.45) is 0.444. The predicted molar refractivity (Wildman–Crippen MR) is 262 cm³/mol. The number of aromatic hydroxyl groups is 1. The molecule has 3 unspecified atom stereocenters. The number of hydrogen-bond acceptors (Lipinski definition) is 13. The number of sulfonamides is 3. The maximum Gasteiger partial charge on any atom is 0.326 e. The third-order valence-corrected chi connectivity index (χ3v) is 15.7. The monoisotopic (exact) mass is 1050 g/mol. The van der Waals surface area contributed by atoms with Crippen LogP contribution in [0.15, 0.2) is 87.5 Å². The Morgan fingerprint density at radius 2 is 0.732 bits per heavy atom. The van der Waals surface area contributed by atoms with E-state index in [0.29, 0.717) is 0 Å². The highest BCUT2D eigenvalue weighted by Gasteiger charge is 2.30. The second kappa shape index (κ2) is 24.1. The van der Waals surface area contributed by atoms with Gasteiger partial charge < -0.3 is 36.4 Å². The van der Waals surface area contributed by atoms with Gasteiger partial charge in [0.1, 0.15) is 23.9 Å². The van der Waals surface area contributed by atoms with E-state index < -0.39 is 104 Å². The number of carboxylic acids is 3. The lowest BCUT2D eigenvalue weighted by Crippen LogP contribution is -2.41. The zero-order valence-electron chi connectivity index (χ0n) is 39.2. The van der Waals surface area contributed by atoms with Crippen LogP contribution >= 0.6 is 0 Å². The van der Waals surface area contributed by atoms with Crippen LogP contribution in [0.3, 0.4) is 0 Å². The van der Waals surface area contributed by atoms with Crippen LogP contribution in [-0.4, -0.2) is 119 Å². The van der Waals surface area contributed by atoms with Gasteiger partial charge in [0.05, 0.1) is 14.7 Å². The van der Waals surface area contributed by atoms with Crippen LogP contribution in [0.1, 0.15) is 78.6 Å². The molecule has 386 valence electrons. The van der Waals surface area contributed by atoms with E-state index in [2.05, 4.69) is 49.9 Å². The zero-order chi connectivity index (χ0) is 53.2. The fourth-order valence-electron chi connectivity index (χ4n) is 7.44. The first-order valence-corrected chi connectivity index (χ1v) is 26.6. The third-order valence-electron chi connectivity index (χ3n) is 11.2. The highest BCUT2D eigenvalue weighted by molar-refractivity contribution is 7.90. The number of phenolic OH excluding ortho intramolecular Hbond substituents is 1. The van der Waals surface area contributed by atoms with E-state index in [1.165, 1.54) is 45.0 Å². The summed E-state index contributed by atoms with van der Waals surface area (Å²) in [5, 5.41) is 46.8. The molecular formula is C46H58N6O16S3. The first-order chi connectivity index (χ1) is 33.1. The highest BCUT2D eigenvalue weighted by atomic mass is 32.2. The van der Waals surface area contributed by atoms with Crippen molar-refractivity contribution in [3.8, 4) is 5.75 Å². The van der Waals surface area contributed by atoms with Crippen molar-refractivity contribution in [3.63, 3.8) is 0 Å². The van der Waals surface area contributed by atoms with Crippen molar-refractivity contribution in [2.24, 2.45) is 0 Å². The lowest BCUT2D eigenvalue weighted by molar-refractivity contribution is -0.142. The number of carboxylic acid groups (broad SMARTS) is 3. The van der Waals surface area contributed by atoms with Gasteiger partial charge in [-0.1, -0.05) is 37.9 Å². The summed E-state index contributed by atoms with van der Waals surface area (Å²) in [5.41, 5.74) is 0.259. The second-order valence-electron chi connectivity index (χ2n) is 17.0. The molecule has 0 heterocycles. The molecule has 0 aliphatic heterocycles. The van der Waals surface area contributed by atoms with Crippen LogP contribution in [0.4, 0.5) is 0 Å². The number of nitrogens with one attached hydrogen (secondary N) is 6. The minimum atomic E-state index is -4.66. The average Bonchev–Trinajstić information content (AvgIpc) is 3.28. The second-order valence-corrected chi connectivity index (χ2v) is 22.2. The lowest BCUT2D eigenvalue weighted by atomic mass is 9.94. The topological polar surface area (TPSA) is 358 Å². The Bertz CT molecular complexity index is 3010. The Kier molecular flexibility index (Phi) is 19.3. The number of benzene rings is 4. The van der Waals surface area contributed by atoms with Crippen LogP contribution in [0.25, 0.3) is 32.3 Å². The smallest absolute Gasteiger partial charge is 0.326 e. The number of hydrogen-bond donors (Lipinski definition) is 10. The van der Waals surface area contributed by atoms with Gasteiger partial charge in [-0.3, -0.25) is 14.4 Å². The Morgan fingerprint density at radius 1 is 0.465 bits per heavy atom. The molecular weight excluding hydrogens is 989 g/mol. The van der Waals surface area contributed by atoms with Crippen LogP contribution in [0, 0.1) is 0 Å². The molecule has 0 aromatic heterocycles. The van der Waals surface area contributed by atoms with E-state index in [4.69, 9.17) is 0 Å². The van der Waals surface area contributed by atoms with E-state index in [-0.39, 0.29) is 126 Å². The number of rotatable bonds is 30. The molecule has 3 amide bonds. The maximum atomic E-state index is 14.3. The van der Waals surface area contributed by atoms with Gasteiger partial charge in [0.15, 0.2) is 0 Å². The minimum absolute atomic E-state index is 0.0144. The molecule has 0 saturated heterocycles. The van der Waals surface area contributed by atoms with Gasteiger partial charge in [0, 0.05) is 74.7 Å². The number of carbonyl (C=O) groups excluding carboxylic acids is 3. The van der Waals surface area contributed by atoms with E-state index in [1.807, 2.05) is 0 Å². The van der Waals surface area contributed by atoms with Crippen molar-refractivity contribution < 1.29 is 74.4 Å². The molecule has 0 bridgehead atoms. The number of aliphatic carboxylic acids is 3. The van der Waals surface area contributed by atoms with Crippen molar-refractivity contribution >= 4 is 98.0 Å². The van der Waals surface area contributed by atoms with E-state index in [1.54, 1.807) is 0 Å². The molecule has 4 aromatic rings. The molecule has 3 atom stereocenters. The van der Waals surface area contributed by atoms with Crippen molar-refractivity contribution in [3.05, 3.63) is 72.9 Å². The molecule has 25 heteroatoms. The summed E-state index contributed by atoms with van der Waals surface area (Å²) in [6.45, 7) is 13.9. The van der Waals surface area contributed by atoms with Gasteiger partial charge in [-0.05, 0) is 90.7 Å². The van der Waals surface area contributed by atoms with Gasteiger partial charge >= 0.3 is 17.9 Å². The number of carbonyl (C=O) groups is 6. The van der Waals surface area contributed by atoms with Crippen molar-refractivity contribution in [2.75, 3.05) is 19.6 Å². The van der Waals surface area contributed by atoms with Crippen LogP contribution in [0.2, 0.25) is 0 Å². The molecule has 0 radical (unpaired) electrons. The normalized spacial score (nSPS) is 13.3. The zero-order valence-corrected chi connectivity index (χ0v) is 41.7. The fraction of sp³-hybridized carbons (Fsp3) is 0.391. The molecule has 10 N–H and O–H groups in total. The summed E-state index contributed by atoms with van der Waals surface area (Å²) in [4.78, 5) is 69.8. The van der Waals surface area contributed by atoms with Crippen LogP contribution in [0.5, 0.6) is 5.75 Å². The summed E-state index contributed by atoms with van der Waals surface area (Å²) in [5.74, 6) is -6.51. The van der Waals surface area contributed by atoms with Crippen molar-refractivity contribution in [1.82, 2.24) is 30.1 Å². The Hall–Kier alpha value is -6.51. The molecule has 0 fully saturated rings. The summed E-state index contributed by atoms with van der Waals surface area (Å²) in [6, 6.07) is 3.30. The summed E-state index contributed by atoms with van der Waals surface area (Å²) in [7, 11) is -13.8. The number of amides is 3. The Morgan fingerprint density at radius 3 is 1.01 bits per heavy atom. The highest BCUT2D eigenvalue weighted by Crippen LogP contribution is 2.45. The standard InChI is InChI=1S/C46H58N6O16S3/c1-25(2)41(54)50-32(44(57)58)13-7-10-20-47-69(63,64)36-23-35(53)28-16-17-30-37(70(65,66)48-21-11-8-14-33(45(59)60)51-42(55)26(3)4)24-38(31-19-18-29(36)39(28)40(30)31)71(67,68)49-22-12-9-15-34(46(61)62)52-43(56)27(5)6/h16-19,23-24,32-34,47-49,53H,1,3,5,7-15,20-22H2,2,4,6H3,(H,50,54)(H,51,55)(H,52,56)(H,57,58)(H,59,60)(H,61,62). The lowest BCUT2D eigenvalue weighted by Gasteiger charge is -2.20. The molecule has 0 spiro atoms. The Balaban J connectivity index is 1.73. The third kappa shape index (κ3) is 14.5. The Labute approximate surface area is 410 Å². The first kappa shape index (κ1) is 57.1. The quantitative estimate of drug-likeness (QED) is 0.0204. The predicted octanol–water partition coefficient (Wildman–Crippen LogP) is 3.07. The molecule has 0 aliphatic rings. The molecule has 0 saturated carbocycles. The molecule has 0 aliphatic carbocycles. The first-order valence-electron chi connectivity index (χ1n) is 22.1. The van der Waals surface area contributed by atoms with Crippen LogP contribution < -0.4 is 30.1 Å². The van der Waals surface area contributed by atoms with Gasteiger partial charge in [0.2, 0.25) is 47.8 Å². The van der Waals surface area contributed by atoms with Crippen LogP contribution in [-0.2, 0) is 58.8 Å². The van der Waals surface area contributed by atoms with Gasteiger partial charge in [-0.2, -0.15) is 0 Å². The van der Waals surface area contributed by atoms with Gasteiger partial charge in [-0.25, -0.2) is 53.8 Å². The van der Waals surface area contributed by atoms with E-state index >= 15 is 0 Å². The SMILES string of the molecule is C=C(C)C(=O)NC(CCCCNS(=O)(=O)c1cc(O)c2ccc3c(S(=O)(=O)NCCCCC(NC(=O)C(=C)C)C(=O)O)cc(S(=O)(=O)NCCCCC(NC(=O)C(=C)C)C(=O)O)c4ccc1c2c34)C(=O)O. The van der Waals surface area contributed by atoms with Crippen molar-refractivity contribution in [1.29, 1.82) is 0 Å². The van der Waals surface area contributed by atoms with E-state index in [9.17, 15) is 74.4 Å². The maximum absolute atomic E-state index is 14.3.